The molecule has 0 saturated carbocycles. The molecule has 1 aliphatic rings. The van der Waals surface area contributed by atoms with Crippen LogP contribution >= 0.6 is 0 Å². The summed E-state index contributed by atoms with van der Waals surface area (Å²) in [5, 5.41) is 0. The number of pyridine rings is 1. The van der Waals surface area contributed by atoms with Crippen molar-refractivity contribution in [2.75, 3.05) is 44.7 Å². The minimum Gasteiger partial charge on any atom is -0.375 e. The van der Waals surface area contributed by atoms with Crippen LogP contribution in [0.3, 0.4) is 0 Å². The fourth-order valence-electron chi connectivity index (χ4n) is 2.61. The lowest BCUT2D eigenvalue weighted by atomic mass is 10.1. The Morgan fingerprint density at radius 3 is 2.52 bits per heavy atom. The summed E-state index contributed by atoms with van der Waals surface area (Å²) in [5.41, 5.74) is 2.17. The van der Waals surface area contributed by atoms with Gasteiger partial charge in [-0.1, -0.05) is 5.92 Å². The van der Waals surface area contributed by atoms with E-state index >= 15 is 0 Å². The predicted molar refractivity (Wildman–Crippen MR) is 82.3 cm³/mol. The van der Waals surface area contributed by atoms with Gasteiger partial charge in [0.25, 0.3) is 0 Å². The van der Waals surface area contributed by atoms with E-state index in [2.05, 4.69) is 10.9 Å². The topological polar surface area (TPSA) is 28.6 Å². The van der Waals surface area contributed by atoms with Crippen LogP contribution in [-0.4, -0.2) is 55.9 Å². The van der Waals surface area contributed by atoms with Crippen LogP contribution in [0, 0.1) is 12.3 Å². The maximum atomic E-state index is 12.4. The molecule has 1 saturated heterocycles. The molecule has 1 aromatic heterocycles. The molecule has 0 aliphatic carbocycles. The summed E-state index contributed by atoms with van der Waals surface area (Å²) in [7, 11) is 1.58. The van der Waals surface area contributed by atoms with Crippen LogP contribution in [0.15, 0.2) is 12.3 Å². The number of anilines is 1. The quantitative estimate of drug-likeness (QED) is 0.795. The molecule has 0 radical (unpaired) electrons. The summed E-state index contributed by atoms with van der Waals surface area (Å²) in [6, 6.07) is 1.84. The van der Waals surface area contributed by atoms with Crippen molar-refractivity contribution in [3.05, 3.63) is 23.5 Å². The van der Waals surface area contributed by atoms with Gasteiger partial charge in [0, 0.05) is 33.3 Å². The average Bonchev–Trinajstić information content (AvgIpc) is 2.52. The summed E-state index contributed by atoms with van der Waals surface area (Å²) in [4.78, 5) is 7.78. The maximum Gasteiger partial charge on any atom is 0.401 e. The van der Waals surface area contributed by atoms with E-state index in [0.29, 0.717) is 37.4 Å². The number of halogens is 3. The number of ether oxygens (including phenoxy) is 1. The molecule has 0 bridgehead atoms. The van der Waals surface area contributed by atoms with Gasteiger partial charge in [0.05, 0.1) is 35.8 Å². The summed E-state index contributed by atoms with van der Waals surface area (Å²) < 4.78 is 42.5. The minimum atomic E-state index is -4.15. The van der Waals surface area contributed by atoms with Crippen LogP contribution in [0.2, 0.25) is 0 Å². The minimum absolute atomic E-state index is 0.210. The Hall–Kier alpha value is -1.78. The molecule has 0 spiro atoms. The molecule has 4 nitrogen and oxygen atoms in total. The first kappa shape index (κ1) is 17.6. The molecule has 0 unspecified atom stereocenters. The molecular weight excluding hydrogens is 307 g/mol. The highest BCUT2D eigenvalue weighted by Gasteiger charge is 2.32. The molecule has 2 rings (SSSR count). The van der Waals surface area contributed by atoms with E-state index < -0.39 is 12.7 Å². The monoisotopic (exact) mass is 327 g/mol. The molecule has 7 heteroatoms. The van der Waals surface area contributed by atoms with Crippen LogP contribution in [0.5, 0.6) is 0 Å². The van der Waals surface area contributed by atoms with Crippen molar-refractivity contribution < 1.29 is 17.9 Å². The summed E-state index contributed by atoms with van der Waals surface area (Å²) in [6.45, 7) is 2.75. The standard InChI is InChI=1S/C16H20F3N3O/c1-4-13-9-14(10-20-15(13)12(2)23-3)22-7-5-21(6-8-22)11-16(17,18)19/h1,9-10,12H,5-8,11H2,2-3H3/t12-/m0/s1. The van der Waals surface area contributed by atoms with Crippen LogP contribution in [-0.2, 0) is 4.74 Å². The second-order valence-electron chi connectivity index (χ2n) is 5.53. The van der Waals surface area contributed by atoms with E-state index in [-0.39, 0.29) is 6.10 Å². The molecule has 1 fully saturated rings. The van der Waals surface area contributed by atoms with Crippen molar-refractivity contribution in [3.8, 4) is 12.3 Å². The number of hydrogen-bond donors (Lipinski definition) is 0. The number of alkyl halides is 3. The largest absolute Gasteiger partial charge is 0.401 e. The van der Waals surface area contributed by atoms with Gasteiger partial charge < -0.3 is 9.64 Å². The van der Waals surface area contributed by atoms with E-state index in [1.54, 1.807) is 13.3 Å². The van der Waals surface area contributed by atoms with Crippen molar-refractivity contribution in [3.63, 3.8) is 0 Å². The average molecular weight is 327 g/mol. The predicted octanol–water partition coefficient (Wildman–Crippen LogP) is 2.45. The first-order valence-corrected chi connectivity index (χ1v) is 7.37. The number of nitrogens with zero attached hydrogens (tertiary/aromatic N) is 3. The van der Waals surface area contributed by atoms with E-state index in [0.717, 1.165) is 5.69 Å². The highest BCUT2D eigenvalue weighted by Crippen LogP contribution is 2.24. The number of aromatic nitrogens is 1. The van der Waals surface area contributed by atoms with Gasteiger partial charge in [-0.25, -0.2) is 0 Å². The van der Waals surface area contributed by atoms with Gasteiger partial charge in [0.15, 0.2) is 0 Å². The summed E-state index contributed by atoms with van der Waals surface area (Å²) in [5.74, 6) is 2.60. The Balaban J connectivity index is 2.05. The molecule has 0 amide bonds. The van der Waals surface area contributed by atoms with Crippen LogP contribution < -0.4 is 4.90 Å². The first-order valence-electron chi connectivity index (χ1n) is 7.37. The number of piperazine rings is 1. The van der Waals surface area contributed by atoms with Crippen molar-refractivity contribution in [1.82, 2.24) is 9.88 Å². The van der Waals surface area contributed by atoms with Gasteiger partial charge in [0.1, 0.15) is 0 Å². The highest BCUT2D eigenvalue weighted by atomic mass is 19.4. The van der Waals surface area contributed by atoms with Gasteiger partial charge in [-0.2, -0.15) is 13.2 Å². The maximum absolute atomic E-state index is 12.4. The Kier molecular flexibility index (Phi) is 5.50. The fraction of sp³-hybridized carbons (Fsp3) is 0.562. The van der Waals surface area contributed by atoms with E-state index in [9.17, 15) is 13.2 Å². The van der Waals surface area contributed by atoms with Crippen molar-refractivity contribution in [2.24, 2.45) is 0 Å². The normalized spacial score (nSPS) is 17.8. The zero-order chi connectivity index (χ0) is 17.0. The number of terminal acetylenes is 1. The number of rotatable bonds is 4. The van der Waals surface area contributed by atoms with E-state index in [4.69, 9.17) is 11.2 Å². The highest BCUT2D eigenvalue weighted by molar-refractivity contribution is 5.52. The van der Waals surface area contributed by atoms with Gasteiger partial charge in [0.2, 0.25) is 0 Å². The number of methoxy groups -OCH3 is 1. The molecule has 1 aromatic rings. The van der Waals surface area contributed by atoms with E-state index in [1.807, 2.05) is 17.9 Å². The zero-order valence-corrected chi connectivity index (χ0v) is 13.2. The number of hydrogen-bond acceptors (Lipinski definition) is 4. The van der Waals surface area contributed by atoms with Gasteiger partial charge >= 0.3 is 6.18 Å². The Morgan fingerprint density at radius 2 is 2.00 bits per heavy atom. The van der Waals surface area contributed by atoms with Crippen LogP contribution in [0.25, 0.3) is 0 Å². The lowest BCUT2D eigenvalue weighted by Gasteiger charge is -2.36. The van der Waals surface area contributed by atoms with Gasteiger partial charge in [-0.05, 0) is 13.0 Å². The molecule has 0 aromatic carbocycles. The summed E-state index contributed by atoms with van der Waals surface area (Å²) in [6.07, 6.45) is 2.87. The first-order chi connectivity index (χ1) is 10.8. The van der Waals surface area contributed by atoms with Crippen molar-refractivity contribution in [1.29, 1.82) is 0 Å². The molecule has 126 valence electrons. The second kappa shape index (κ2) is 7.20. The molecular formula is C16H20F3N3O. The summed E-state index contributed by atoms with van der Waals surface area (Å²) >= 11 is 0. The Morgan fingerprint density at radius 1 is 1.35 bits per heavy atom. The molecule has 0 N–H and O–H groups in total. The molecule has 1 atom stereocenters. The second-order valence-corrected chi connectivity index (χ2v) is 5.53. The Labute approximate surface area is 134 Å². The molecule has 1 aliphatic heterocycles. The third kappa shape index (κ3) is 4.60. The molecule has 2 heterocycles. The van der Waals surface area contributed by atoms with Crippen molar-refractivity contribution >= 4 is 5.69 Å². The lowest BCUT2D eigenvalue weighted by Crippen LogP contribution is -2.49. The van der Waals surface area contributed by atoms with Crippen LogP contribution in [0.1, 0.15) is 24.3 Å². The van der Waals surface area contributed by atoms with Gasteiger partial charge in [-0.3, -0.25) is 9.88 Å². The SMILES string of the molecule is C#Cc1cc(N2CCN(CC(F)(F)F)CC2)cnc1[C@H](C)OC. The van der Waals surface area contributed by atoms with E-state index in [1.165, 1.54) is 4.90 Å². The third-order valence-electron chi connectivity index (χ3n) is 3.94. The smallest absolute Gasteiger partial charge is 0.375 e. The Bertz CT molecular complexity index is 575. The van der Waals surface area contributed by atoms with Crippen molar-refractivity contribution in [2.45, 2.75) is 19.2 Å². The van der Waals surface area contributed by atoms with Gasteiger partial charge in [-0.15, -0.1) is 6.42 Å². The fourth-order valence-corrected chi connectivity index (χ4v) is 2.61. The molecule has 23 heavy (non-hydrogen) atoms. The van der Waals surface area contributed by atoms with Crippen LogP contribution in [0.4, 0.5) is 18.9 Å². The lowest BCUT2D eigenvalue weighted by molar-refractivity contribution is -0.146. The third-order valence-corrected chi connectivity index (χ3v) is 3.94. The zero-order valence-electron chi connectivity index (χ0n) is 13.2.